The normalized spacial score (nSPS) is 10.6. The molecular weight excluding hydrogens is 414 g/mol. The standard InChI is InChI=1S/C26H25N5O2/c1-19-22(18-31(30-19)24-12-3-2-4-13-24)10-7-15-28-25(32)20-8-5-11-23(16-20)29-26(33)21-9-6-14-27-17-21/h2-6,8-9,11-14,16-18H,7,10,15H2,1H3,(H,28,32)(H,29,33). The Morgan fingerprint density at radius 1 is 0.939 bits per heavy atom. The van der Waals surface area contributed by atoms with Gasteiger partial charge in [0.25, 0.3) is 11.8 Å². The van der Waals surface area contributed by atoms with Crippen LogP contribution in [0, 0.1) is 6.92 Å². The molecule has 0 spiro atoms. The number of aryl methyl sites for hydroxylation is 2. The highest BCUT2D eigenvalue weighted by Crippen LogP contribution is 2.14. The lowest BCUT2D eigenvalue weighted by Crippen LogP contribution is -2.25. The molecule has 33 heavy (non-hydrogen) atoms. The third kappa shape index (κ3) is 5.71. The van der Waals surface area contributed by atoms with Crippen LogP contribution in [0.4, 0.5) is 5.69 Å². The lowest BCUT2D eigenvalue weighted by molar-refractivity contribution is 0.0951. The molecule has 0 saturated carbocycles. The molecule has 4 aromatic rings. The van der Waals surface area contributed by atoms with Crippen LogP contribution in [0.5, 0.6) is 0 Å². The third-order valence-electron chi connectivity index (χ3n) is 5.24. The summed E-state index contributed by atoms with van der Waals surface area (Å²) in [6.07, 6.45) is 6.77. The Morgan fingerprint density at radius 3 is 2.55 bits per heavy atom. The molecule has 0 bridgehead atoms. The van der Waals surface area contributed by atoms with Crippen molar-refractivity contribution in [2.24, 2.45) is 0 Å². The summed E-state index contributed by atoms with van der Waals surface area (Å²) in [6, 6.07) is 20.3. The van der Waals surface area contributed by atoms with Crippen molar-refractivity contribution < 1.29 is 9.59 Å². The fourth-order valence-corrected chi connectivity index (χ4v) is 3.48. The summed E-state index contributed by atoms with van der Waals surface area (Å²) in [4.78, 5) is 28.8. The molecule has 4 rings (SSSR count). The number of amides is 2. The first-order valence-corrected chi connectivity index (χ1v) is 10.8. The van der Waals surface area contributed by atoms with Gasteiger partial charge in [0.05, 0.1) is 16.9 Å². The lowest BCUT2D eigenvalue weighted by Gasteiger charge is -2.08. The van der Waals surface area contributed by atoms with E-state index >= 15 is 0 Å². The van der Waals surface area contributed by atoms with Gasteiger partial charge in [0, 0.05) is 36.4 Å². The number of hydrogen-bond acceptors (Lipinski definition) is 4. The Kier molecular flexibility index (Phi) is 6.90. The zero-order chi connectivity index (χ0) is 23.0. The van der Waals surface area contributed by atoms with Crippen LogP contribution in [0.25, 0.3) is 5.69 Å². The van der Waals surface area contributed by atoms with Gasteiger partial charge in [0.1, 0.15) is 0 Å². The van der Waals surface area contributed by atoms with Gasteiger partial charge in [-0.25, -0.2) is 4.68 Å². The summed E-state index contributed by atoms with van der Waals surface area (Å²) >= 11 is 0. The SMILES string of the molecule is Cc1nn(-c2ccccc2)cc1CCCNC(=O)c1cccc(NC(=O)c2cccnc2)c1. The summed E-state index contributed by atoms with van der Waals surface area (Å²) in [7, 11) is 0. The van der Waals surface area contributed by atoms with E-state index in [4.69, 9.17) is 0 Å². The molecular formula is C26H25N5O2. The maximum atomic E-state index is 12.6. The van der Waals surface area contributed by atoms with E-state index < -0.39 is 0 Å². The Morgan fingerprint density at radius 2 is 1.76 bits per heavy atom. The number of rotatable bonds is 8. The van der Waals surface area contributed by atoms with Crippen molar-refractivity contribution in [3.8, 4) is 5.69 Å². The summed E-state index contributed by atoms with van der Waals surface area (Å²) in [5.41, 5.74) is 4.68. The molecule has 2 amide bonds. The van der Waals surface area contributed by atoms with Crippen LogP contribution in [-0.4, -0.2) is 33.1 Å². The highest BCUT2D eigenvalue weighted by Gasteiger charge is 2.10. The predicted octanol–water partition coefficient (Wildman–Crippen LogP) is 4.19. The number of benzene rings is 2. The zero-order valence-corrected chi connectivity index (χ0v) is 18.4. The number of nitrogens with zero attached hydrogens (tertiary/aromatic N) is 3. The van der Waals surface area contributed by atoms with Gasteiger partial charge in [-0.2, -0.15) is 5.10 Å². The second-order valence-corrected chi connectivity index (χ2v) is 7.66. The van der Waals surface area contributed by atoms with Gasteiger partial charge >= 0.3 is 0 Å². The van der Waals surface area contributed by atoms with E-state index in [0.29, 0.717) is 23.4 Å². The van der Waals surface area contributed by atoms with Crippen molar-refractivity contribution >= 4 is 17.5 Å². The number of hydrogen-bond donors (Lipinski definition) is 2. The van der Waals surface area contributed by atoms with Crippen molar-refractivity contribution in [2.45, 2.75) is 19.8 Å². The van der Waals surface area contributed by atoms with E-state index in [0.717, 1.165) is 29.8 Å². The number of pyridine rings is 1. The maximum Gasteiger partial charge on any atom is 0.257 e. The Bertz CT molecular complexity index is 1240. The fourth-order valence-electron chi connectivity index (χ4n) is 3.48. The summed E-state index contributed by atoms with van der Waals surface area (Å²) in [5, 5.41) is 10.3. The number of aromatic nitrogens is 3. The van der Waals surface area contributed by atoms with Crippen LogP contribution in [-0.2, 0) is 6.42 Å². The number of carbonyl (C=O) groups is 2. The third-order valence-corrected chi connectivity index (χ3v) is 5.24. The quantitative estimate of drug-likeness (QED) is 0.403. The average molecular weight is 440 g/mol. The topological polar surface area (TPSA) is 88.9 Å². The van der Waals surface area contributed by atoms with Gasteiger partial charge in [-0.3, -0.25) is 14.6 Å². The van der Waals surface area contributed by atoms with Crippen LogP contribution in [0.3, 0.4) is 0 Å². The van der Waals surface area contributed by atoms with Crippen molar-refractivity contribution in [1.82, 2.24) is 20.1 Å². The van der Waals surface area contributed by atoms with Gasteiger partial charge in [0.15, 0.2) is 0 Å². The van der Waals surface area contributed by atoms with E-state index in [-0.39, 0.29) is 11.8 Å². The molecule has 0 aliphatic carbocycles. The van der Waals surface area contributed by atoms with Crippen LogP contribution in [0.15, 0.2) is 85.3 Å². The van der Waals surface area contributed by atoms with Crippen molar-refractivity contribution in [3.63, 3.8) is 0 Å². The highest BCUT2D eigenvalue weighted by atomic mass is 16.2. The Labute approximate surface area is 192 Å². The van der Waals surface area contributed by atoms with E-state index in [1.807, 2.05) is 48.1 Å². The fraction of sp³-hybridized carbons (Fsp3) is 0.154. The van der Waals surface area contributed by atoms with E-state index in [2.05, 4.69) is 20.7 Å². The lowest BCUT2D eigenvalue weighted by atomic mass is 10.1. The number of para-hydroxylation sites is 1. The minimum atomic E-state index is -0.271. The Hall–Kier alpha value is -4.26. The van der Waals surface area contributed by atoms with E-state index in [1.165, 1.54) is 6.20 Å². The monoisotopic (exact) mass is 439 g/mol. The molecule has 7 heteroatoms. The first-order valence-electron chi connectivity index (χ1n) is 10.8. The molecule has 0 aliphatic heterocycles. The first-order chi connectivity index (χ1) is 16.1. The summed E-state index contributed by atoms with van der Waals surface area (Å²) < 4.78 is 1.88. The summed E-state index contributed by atoms with van der Waals surface area (Å²) in [5.74, 6) is -0.448. The highest BCUT2D eigenvalue weighted by molar-refractivity contribution is 6.04. The molecule has 2 heterocycles. The van der Waals surface area contributed by atoms with Crippen LogP contribution >= 0.6 is 0 Å². The molecule has 0 radical (unpaired) electrons. The average Bonchev–Trinajstić information content (AvgIpc) is 3.23. The zero-order valence-electron chi connectivity index (χ0n) is 18.4. The molecule has 0 atom stereocenters. The van der Waals surface area contributed by atoms with Gasteiger partial charge in [0.2, 0.25) is 0 Å². The molecule has 7 nitrogen and oxygen atoms in total. The van der Waals surface area contributed by atoms with Gasteiger partial charge in [-0.15, -0.1) is 0 Å². The molecule has 0 saturated heterocycles. The van der Waals surface area contributed by atoms with Crippen molar-refractivity contribution in [2.75, 3.05) is 11.9 Å². The minimum absolute atomic E-state index is 0.177. The molecule has 0 fully saturated rings. The molecule has 2 N–H and O–H groups in total. The largest absolute Gasteiger partial charge is 0.352 e. The van der Waals surface area contributed by atoms with Crippen LogP contribution in [0.2, 0.25) is 0 Å². The van der Waals surface area contributed by atoms with E-state index in [1.54, 1.807) is 42.6 Å². The van der Waals surface area contributed by atoms with Crippen LogP contribution < -0.4 is 10.6 Å². The number of anilines is 1. The predicted molar refractivity (Wildman–Crippen MR) is 128 cm³/mol. The molecule has 0 aliphatic rings. The van der Waals surface area contributed by atoms with Crippen molar-refractivity contribution in [1.29, 1.82) is 0 Å². The maximum absolute atomic E-state index is 12.6. The molecule has 0 unspecified atom stereocenters. The summed E-state index contributed by atoms with van der Waals surface area (Å²) in [6.45, 7) is 2.54. The van der Waals surface area contributed by atoms with E-state index in [9.17, 15) is 9.59 Å². The second-order valence-electron chi connectivity index (χ2n) is 7.66. The molecule has 166 valence electrons. The number of carbonyl (C=O) groups excluding carboxylic acids is 2. The number of nitrogens with one attached hydrogen (secondary N) is 2. The second kappa shape index (κ2) is 10.4. The Balaban J connectivity index is 1.29. The smallest absolute Gasteiger partial charge is 0.257 e. The first kappa shape index (κ1) is 22.0. The van der Waals surface area contributed by atoms with Crippen LogP contribution in [0.1, 0.15) is 38.4 Å². The minimum Gasteiger partial charge on any atom is -0.352 e. The van der Waals surface area contributed by atoms with Gasteiger partial charge in [-0.1, -0.05) is 24.3 Å². The van der Waals surface area contributed by atoms with Gasteiger partial charge < -0.3 is 10.6 Å². The van der Waals surface area contributed by atoms with Crippen molar-refractivity contribution in [3.05, 3.63) is 108 Å². The molecule has 2 aromatic carbocycles. The molecule has 2 aromatic heterocycles. The van der Waals surface area contributed by atoms with Gasteiger partial charge in [-0.05, 0) is 67.8 Å².